The Labute approximate surface area is 128 Å². The highest BCUT2D eigenvalue weighted by Crippen LogP contribution is 2.28. The number of hydrogen-bond donors (Lipinski definition) is 0. The molecule has 0 aliphatic carbocycles. The summed E-state index contributed by atoms with van der Waals surface area (Å²) in [5.74, 6) is 0.527. The van der Waals surface area contributed by atoms with Crippen LogP contribution in [0.3, 0.4) is 0 Å². The molecule has 0 saturated heterocycles. The van der Waals surface area contributed by atoms with Gasteiger partial charge in [-0.2, -0.15) is 0 Å². The SMILES string of the molecule is Cn1cc(-c2ccn(C)c(=O)c2)c(OCc2ccccc2)n1. The number of ether oxygens (including phenoxy) is 1. The van der Waals surface area contributed by atoms with Crippen molar-refractivity contribution in [2.45, 2.75) is 6.61 Å². The number of nitrogens with zero attached hydrogens (tertiary/aromatic N) is 3. The molecule has 2 aromatic heterocycles. The highest BCUT2D eigenvalue weighted by Gasteiger charge is 2.12. The summed E-state index contributed by atoms with van der Waals surface area (Å²) in [6.45, 7) is 0.440. The smallest absolute Gasteiger partial charge is 0.250 e. The zero-order chi connectivity index (χ0) is 15.5. The molecule has 0 amide bonds. The number of aromatic nitrogens is 3. The molecule has 0 bridgehead atoms. The van der Waals surface area contributed by atoms with E-state index in [1.54, 1.807) is 24.0 Å². The molecule has 5 nitrogen and oxygen atoms in total. The third-order valence-electron chi connectivity index (χ3n) is 3.43. The van der Waals surface area contributed by atoms with Crippen molar-refractivity contribution in [1.82, 2.24) is 14.3 Å². The zero-order valence-electron chi connectivity index (χ0n) is 12.6. The van der Waals surface area contributed by atoms with Crippen molar-refractivity contribution in [2.75, 3.05) is 0 Å². The predicted octanol–water partition coefficient (Wildman–Crippen LogP) is 2.36. The van der Waals surface area contributed by atoms with Gasteiger partial charge in [0.2, 0.25) is 5.88 Å². The molecule has 1 aromatic carbocycles. The minimum atomic E-state index is -0.0598. The first-order valence-electron chi connectivity index (χ1n) is 7.01. The average Bonchev–Trinajstić information content (AvgIpc) is 2.90. The van der Waals surface area contributed by atoms with Gasteiger partial charge < -0.3 is 9.30 Å². The van der Waals surface area contributed by atoms with Gasteiger partial charge in [-0.25, -0.2) is 0 Å². The van der Waals surface area contributed by atoms with E-state index in [4.69, 9.17) is 4.74 Å². The fraction of sp³-hybridized carbons (Fsp3) is 0.176. The normalized spacial score (nSPS) is 10.6. The van der Waals surface area contributed by atoms with Gasteiger partial charge in [0.05, 0.1) is 5.56 Å². The third kappa shape index (κ3) is 2.93. The van der Waals surface area contributed by atoms with Crippen molar-refractivity contribution < 1.29 is 4.74 Å². The van der Waals surface area contributed by atoms with E-state index in [1.807, 2.05) is 49.6 Å². The van der Waals surface area contributed by atoms with E-state index in [2.05, 4.69) is 5.10 Å². The van der Waals surface area contributed by atoms with E-state index in [0.29, 0.717) is 12.5 Å². The lowest BCUT2D eigenvalue weighted by atomic mass is 10.1. The van der Waals surface area contributed by atoms with E-state index in [9.17, 15) is 4.79 Å². The maximum Gasteiger partial charge on any atom is 0.250 e. The largest absolute Gasteiger partial charge is 0.471 e. The van der Waals surface area contributed by atoms with E-state index in [0.717, 1.165) is 16.7 Å². The molecule has 0 N–H and O–H groups in total. The van der Waals surface area contributed by atoms with E-state index in [1.165, 1.54) is 4.57 Å². The van der Waals surface area contributed by atoms with Gasteiger partial charge in [0.1, 0.15) is 6.61 Å². The Balaban J connectivity index is 1.89. The van der Waals surface area contributed by atoms with Crippen molar-refractivity contribution in [2.24, 2.45) is 14.1 Å². The molecule has 112 valence electrons. The van der Waals surface area contributed by atoms with Gasteiger partial charge in [0, 0.05) is 32.6 Å². The standard InChI is InChI=1S/C17H17N3O2/c1-19-9-8-14(10-16(19)21)15-11-20(2)18-17(15)22-12-13-6-4-3-5-7-13/h3-11H,12H2,1-2H3. The Morgan fingerprint density at radius 2 is 1.91 bits per heavy atom. The Hall–Kier alpha value is -2.82. The van der Waals surface area contributed by atoms with Gasteiger partial charge in [-0.05, 0) is 17.2 Å². The van der Waals surface area contributed by atoms with Gasteiger partial charge >= 0.3 is 0 Å². The van der Waals surface area contributed by atoms with Crippen molar-refractivity contribution in [3.8, 4) is 17.0 Å². The molecule has 0 radical (unpaired) electrons. The second kappa shape index (κ2) is 5.89. The van der Waals surface area contributed by atoms with Gasteiger partial charge in [-0.15, -0.1) is 5.10 Å². The van der Waals surface area contributed by atoms with Crippen LogP contribution in [0.25, 0.3) is 11.1 Å². The second-order valence-corrected chi connectivity index (χ2v) is 5.16. The van der Waals surface area contributed by atoms with Crippen LogP contribution in [-0.2, 0) is 20.7 Å². The number of benzene rings is 1. The van der Waals surface area contributed by atoms with Gasteiger partial charge in [-0.1, -0.05) is 30.3 Å². The molecule has 0 saturated carbocycles. The number of aryl methyl sites for hydroxylation is 2. The van der Waals surface area contributed by atoms with E-state index < -0.39 is 0 Å². The monoisotopic (exact) mass is 295 g/mol. The minimum absolute atomic E-state index is 0.0598. The van der Waals surface area contributed by atoms with Crippen molar-refractivity contribution in [1.29, 1.82) is 0 Å². The van der Waals surface area contributed by atoms with Crippen LogP contribution in [0.2, 0.25) is 0 Å². The summed E-state index contributed by atoms with van der Waals surface area (Å²) in [5, 5.41) is 4.34. The number of hydrogen-bond acceptors (Lipinski definition) is 3. The highest BCUT2D eigenvalue weighted by atomic mass is 16.5. The lowest BCUT2D eigenvalue weighted by Gasteiger charge is -2.06. The van der Waals surface area contributed by atoms with Gasteiger partial charge in [0.25, 0.3) is 5.56 Å². The summed E-state index contributed by atoms with van der Waals surface area (Å²) in [4.78, 5) is 11.8. The molecule has 2 heterocycles. The molecule has 3 rings (SSSR count). The summed E-state index contributed by atoms with van der Waals surface area (Å²) < 4.78 is 9.05. The van der Waals surface area contributed by atoms with Crippen molar-refractivity contribution in [3.63, 3.8) is 0 Å². The molecule has 0 aliphatic rings. The summed E-state index contributed by atoms with van der Waals surface area (Å²) >= 11 is 0. The molecule has 5 heteroatoms. The maximum atomic E-state index is 11.8. The fourth-order valence-corrected chi connectivity index (χ4v) is 2.21. The molecule has 3 aromatic rings. The van der Waals surface area contributed by atoms with Crippen molar-refractivity contribution in [3.05, 3.63) is 70.8 Å². The molecule has 0 unspecified atom stereocenters. The van der Waals surface area contributed by atoms with Crippen LogP contribution in [0.4, 0.5) is 0 Å². The fourth-order valence-electron chi connectivity index (χ4n) is 2.21. The van der Waals surface area contributed by atoms with Crippen LogP contribution in [-0.4, -0.2) is 14.3 Å². The first-order chi connectivity index (χ1) is 10.6. The summed E-state index contributed by atoms with van der Waals surface area (Å²) in [6.07, 6.45) is 3.60. The van der Waals surface area contributed by atoms with Crippen LogP contribution < -0.4 is 10.3 Å². The molecule has 22 heavy (non-hydrogen) atoms. The second-order valence-electron chi connectivity index (χ2n) is 5.16. The van der Waals surface area contributed by atoms with Crippen LogP contribution in [0, 0.1) is 0 Å². The van der Waals surface area contributed by atoms with E-state index in [-0.39, 0.29) is 5.56 Å². The Bertz CT molecular complexity index is 835. The average molecular weight is 295 g/mol. The third-order valence-corrected chi connectivity index (χ3v) is 3.43. The highest BCUT2D eigenvalue weighted by molar-refractivity contribution is 5.67. The van der Waals surface area contributed by atoms with Crippen molar-refractivity contribution >= 4 is 0 Å². The molecular formula is C17H17N3O2. The first-order valence-corrected chi connectivity index (χ1v) is 7.01. The summed E-state index contributed by atoms with van der Waals surface area (Å²) in [5.41, 5.74) is 2.63. The van der Waals surface area contributed by atoms with E-state index >= 15 is 0 Å². The number of rotatable bonds is 4. The summed E-state index contributed by atoms with van der Waals surface area (Å²) in [7, 11) is 3.56. The lowest BCUT2D eigenvalue weighted by molar-refractivity contribution is 0.292. The quantitative estimate of drug-likeness (QED) is 0.742. The maximum absolute atomic E-state index is 11.8. The van der Waals surface area contributed by atoms with Crippen LogP contribution in [0.5, 0.6) is 5.88 Å². The lowest BCUT2D eigenvalue weighted by Crippen LogP contribution is -2.14. The Morgan fingerprint density at radius 1 is 1.14 bits per heavy atom. The van der Waals surface area contributed by atoms with Crippen LogP contribution in [0.1, 0.15) is 5.56 Å². The predicted molar refractivity (Wildman–Crippen MR) is 84.7 cm³/mol. The molecule has 0 aliphatic heterocycles. The van der Waals surface area contributed by atoms with Gasteiger partial charge in [0.15, 0.2) is 0 Å². The zero-order valence-corrected chi connectivity index (χ0v) is 12.6. The molecule has 0 atom stereocenters. The van der Waals surface area contributed by atoms with Gasteiger partial charge in [-0.3, -0.25) is 9.48 Å². The number of pyridine rings is 1. The minimum Gasteiger partial charge on any atom is -0.471 e. The molecular weight excluding hydrogens is 278 g/mol. The topological polar surface area (TPSA) is 49.0 Å². The Kier molecular flexibility index (Phi) is 3.78. The molecule has 0 fully saturated rings. The van der Waals surface area contributed by atoms with Crippen LogP contribution in [0.15, 0.2) is 59.7 Å². The van der Waals surface area contributed by atoms with Crippen LogP contribution >= 0.6 is 0 Å². The summed E-state index contributed by atoms with van der Waals surface area (Å²) in [6, 6.07) is 13.4. The molecule has 0 spiro atoms. The first kappa shape index (κ1) is 14.1. The Morgan fingerprint density at radius 3 is 2.64 bits per heavy atom.